The molecule has 1 N–H and O–H groups in total. The lowest BCUT2D eigenvalue weighted by Gasteiger charge is -2.19. The van der Waals surface area contributed by atoms with Crippen molar-refractivity contribution in [2.75, 3.05) is 18.1 Å². The van der Waals surface area contributed by atoms with E-state index in [1.807, 2.05) is 26.8 Å². The minimum Gasteiger partial charge on any atom is -0.444 e. The van der Waals surface area contributed by atoms with Gasteiger partial charge in [-0.25, -0.2) is 4.79 Å². The Morgan fingerprint density at radius 3 is 2.67 bits per heavy atom. The van der Waals surface area contributed by atoms with E-state index in [1.54, 1.807) is 11.8 Å². The lowest BCUT2D eigenvalue weighted by molar-refractivity contribution is 0.0531. The summed E-state index contributed by atoms with van der Waals surface area (Å²) in [5, 5.41) is 2.71. The van der Waals surface area contributed by atoms with Crippen LogP contribution in [0.15, 0.2) is 12.7 Å². The molecule has 15 heavy (non-hydrogen) atoms. The number of nitrogens with one attached hydrogen (secondary N) is 1. The van der Waals surface area contributed by atoms with Gasteiger partial charge < -0.3 is 10.1 Å². The third kappa shape index (κ3) is 11.3. The first-order valence-corrected chi connectivity index (χ1v) is 6.26. The summed E-state index contributed by atoms with van der Waals surface area (Å²) in [6.07, 6.45) is 2.57. The van der Waals surface area contributed by atoms with Gasteiger partial charge in [-0.05, 0) is 32.9 Å². The van der Waals surface area contributed by atoms with Gasteiger partial charge in [0.2, 0.25) is 0 Å². The van der Waals surface area contributed by atoms with E-state index in [2.05, 4.69) is 11.9 Å². The number of carbonyl (C=O) groups excluding carboxylic acids is 1. The highest BCUT2D eigenvalue weighted by atomic mass is 32.2. The molecule has 0 aromatic rings. The molecule has 0 fully saturated rings. The van der Waals surface area contributed by atoms with Gasteiger partial charge in [-0.1, -0.05) is 6.08 Å². The molecule has 0 saturated heterocycles. The van der Waals surface area contributed by atoms with Crippen LogP contribution in [0.3, 0.4) is 0 Å². The topological polar surface area (TPSA) is 38.3 Å². The normalized spacial score (nSPS) is 10.9. The summed E-state index contributed by atoms with van der Waals surface area (Å²) >= 11 is 1.80. The van der Waals surface area contributed by atoms with E-state index in [-0.39, 0.29) is 6.09 Å². The first-order valence-electron chi connectivity index (χ1n) is 5.11. The molecular formula is C11H21NO2S. The monoisotopic (exact) mass is 231 g/mol. The van der Waals surface area contributed by atoms with Gasteiger partial charge >= 0.3 is 6.09 Å². The number of amides is 1. The van der Waals surface area contributed by atoms with Crippen molar-refractivity contribution < 1.29 is 9.53 Å². The number of allylic oxidation sites excluding steroid dienone is 1. The standard InChI is InChI=1S/C11H21NO2S/c1-5-6-8-15-9-7-12-10(13)14-11(2,3)4/h5H,1,6-9H2,2-4H3,(H,12,13). The summed E-state index contributed by atoms with van der Waals surface area (Å²) in [7, 11) is 0. The van der Waals surface area contributed by atoms with Crippen molar-refractivity contribution in [3.05, 3.63) is 12.7 Å². The number of hydrogen-bond donors (Lipinski definition) is 1. The zero-order valence-electron chi connectivity index (χ0n) is 9.84. The first-order chi connectivity index (χ1) is 6.95. The molecule has 4 heteroatoms. The van der Waals surface area contributed by atoms with Gasteiger partial charge in [-0.2, -0.15) is 11.8 Å². The fraction of sp³-hybridized carbons (Fsp3) is 0.727. The van der Waals surface area contributed by atoms with Crippen LogP contribution in [0.4, 0.5) is 4.79 Å². The van der Waals surface area contributed by atoms with Crippen LogP contribution in [0.25, 0.3) is 0 Å². The Labute approximate surface area is 96.6 Å². The highest BCUT2D eigenvalue weighted by molar-refractivity contribution is 7.99. The van der Waals surface area contributed by atoms with E-state index < -0.39 is 5.60 Å². The minimum atomic E-state index is -0.417. The Balaban J connectivity index is 3.36. The van der Waals surface area contributed by atoms with E-state index in [4.69, 9.17) is 4.74 Å². The summed E-state index contributed by atoms with van der Waals surface area (Å²) in [5.74, 6) is 1.96. The van der Waals surface area contributed by atoms with Gasteiger partial charge in [0.15, 0.2) is 0 Å². The number of hydrogen-bond acceptors (Lipinski definition) is 3. The Morgan fingerprint density at radius 1 is 1.47 bits per heavy atom. The van der Waals surface area contributed by atoms with Crippen LogP contribution in [-0.2, 0) is 4.74 Å². The fourth-order valence-electron chi connectivity index (χ4n) is 0.808. The maximum absolute atomic E-state index is 11.2. The Hall–Kier alpha value is -0.640. The highest BCUT2D eigenvalue weighted by Gasteiger charge is 2.15. The minimum absolute atomic E-state index is 0.341. The fourth-order valence-corrected chi connectivity index (χ4v) is 1.59. The summed E-state index contributed by atoms with van der Waals surface area (Å²) in [4.78, 5) is 11.2. The molecule has 0 aromatic carbocycles. The SMILES string of the molecule is C=CCCSCCNC(=O)OC(C)(C)C. The van der Waals surface area contributed by atoms with E-state index in [9.17, 15) is 4.79 Å². The molecule has 3 nitrogen and oxygen atoms in total. The van der Waals surface area contributed by atoms with Crippen molar-refractivity contribution >= 4 is 17.9 Å². The molecule has 0 saturated carbocycles. The van der Waals surface area contributed by atoms with E-state index in [0.717, 1.165) is 17.9 Å². The predicted molar refractivity (Wildman–Crippen MR) is 66.4 cm³/mol. The van der Waals surface area contributed by atoms with Crippen molar-refractivity contribution in [1.82, 2.24) is 5.32 Å². The van der Waals surface area contributed by atoms with Crippen LogP contribution in [0.2, 0.25) is 0 Å². The average molecular weight is 231 g/mol. The molecule has 1 amide bonds. The molecular weight excluding hydrogens is 210 g/mol. The highest BCUT2D eigenvalue weighted by Crippen LogP contribution is 2.06. The smallest absolute Gasteiger partial charge is 0.407 e. The maximum Gasteiger partial charge on any atom is 0.407 e. The van der Waals surface area contributed by atoms with Gasteiger partial charge in [0.25, 0.3) is 0 Å². The predicted octanol–water partition coefficient (Wildman–Crippen LogP) is 2.82. The molecule has 0 bridgehead atoms. The lowest BCUT2D eigenvalue weighted by atomic mass is 10.2. The van der Waals surface area contributed by atoms with Crippen molar-refractivity contribution in [1.29, 1.82) is 0 Å². The van der Waals surface area contributed by atoms with Crippen LogP contribution in [0.1, 0.15) is 27.2 Å². The zero-order chi connectivity index (χ0) is 11.7. The van der Waals surface area contributed by atoms with E-state index in [1.165, 1.54) is 0 Å². The lowest BCUT2D eigenvalue weighted by Crippen LogP contribution is -2.33. The third-order valence-corrected chi connectivity index (χ3v) is 2.40. The van der Waals surface area contributed by atoms with Gasteiger partial charge in [0.05, 0.1) is 0 Å². The molecule has 0 atom stereocenters. The molecule has 0 aliphatic heterocycles. The Kier molecular flexibility index (Phi) is 7.30. The largest absolute Gasteiger partial charge is 0.444 e. The molecule has 0 rings (SSSR count). The van der Waals surface area contributed by atoms with Crippen LogP contribution in [0, 0.1) is 0 Å². The van der Waals surface area contributed by atoms with Crippen molar-refractivity contribution in [2.45, 2.75) is 32.8 Å². The molecule has 0 unspecified atom stereocenters. The number of thioether (sulfide) groups is 1. The third-order valence-electron chi connectivity index (χ3n) is 1.38. The van der Waals surface area contributed by atoms with Gasteiger partial charge in [-0.3, -0.25) is 0 Å². The zero-order valence-corrected chi connectivity index (χ0v) is 10.7. The summed E-state index contributed by atoms with van der Waals surface area (Å²) in [5.41, 5.74) is -0.417. The van der Waals surface area contributed by atoms with Crippen molar-refractivity contribution in [3.8, 4) is 0 Å². The number of carbonyl (C=O) groups is 1. The number of rotatable bonds is 6. The van der Waals surface area contributed by atoms with Crippen LogP contribution < -0.4 is 5.32 Å². The van der Waals surface area contributed by atoms with Gasteiger partial charge in [-0.15, -0.1) is 6.58 Å². The van der Waals surface area contributed by atoms with Gasteiger partial charge in [0, 0.05) is 12.3 Å². The van der Waals surface area contributed by atoms with Gasteiger partial charge in [0.1, 0.15) is 5.60 Å². The second-order valence-electron chi connectivity index (χ2n) is 4.12. The molecule has 88 valence electrons. The van der Waals surface area contributed by atoms with Crippen LogP contribution >= 0.6 is 11.8 Å². The van der Waals surface area contributed by atoms with Crippen LogP contribution in [0.5, 0.6) is 0 Å². The van der Waals surface area contributed by atoms with Crippen LogP contribution in [-0.4, -0.2) is 29.7 Å². The number of alkyl carbamates (subject to hydrolysis) is 1. The van der Waals surface area contributed by atoms with E-state index in [0.29, 0.717) is 6.54 Å². The molecule has 0 spiro atoms. The second kappa shape index (κ2) is 7.63. The number of ether oxygens (including phenoxy) is 1. The van der Waals surface area contributed by atoms with E-state index >= 15 is 0 Å². The molecule has 0 aliphatic rings. The summed E-state index contributed by atoms with van der Waals surface area (Å²) in [6, 6.07) is 0. The molecule has 0 aliphatic carbocycles. The second-order valence-corrected chi connectivity index (χ2v) is 5.34. The maximum atomic E-state index is 11.2. The molecule has 0 aromatic heterocycles. The Bertz CT molecular complexity index is 199. The first kappa shape index (κ1) is 14.4. The summed E-state index contributed by atoms with van der Waals surface area (Å²) in [6.45, 7) is 9.85. The average Bonchev–Trinajstić information content (AvgIpc) is 2.08. The Morgan fingerprint density at radius 2 is 2.13 bits per heavy atom. The van der Waals surface area contributed by atoms with Crippen molar-refractivity contribution in [2.24, 2.45) is 0 Å². The quantitative estimate of drug-likeness (QED) is 0.564. The molecule has 0 radical (unpaired) electrons. The van der Waals surface area contributed by atoms with Crippen molar-refractivity contribution in [3.63, 3.8) is 0 Å². The summed E-state index contributed by atoms with van der Waals surface area (Å²) < 4.78 is 5.09. The molecule has 0 heterocycles.